The number of hydrogen-bond acceptors (Lipinski definition) is 2. The van der Waals surface area contributed by atoms with Crippen molar-refractivity contribution in [3.63, 3.8) is 0 Å². The second-order valence-electron chi connectivity index (χ2n) is 5.69. The fraction of sp³-hybridized carbons (Fsp3) is 0.167. The molecule has 1 heterocycles. The summed E-state index contributed by atoms with van der Waals surface area (Å²) in [5.74, 6) is 0. The Morgan fingerprint density at radius 2 is 1.73 bits per heavy atom. The third-order valence-electron chi connectivity index (χ3n) is 3.96. The van der Waals surface area contributed by atoms with Crippen LogP contribution in [0.1, 0.15) is 16.8 Å². The maximum atomic E-state index is 12.7. The van der Waals surface area contributed by atoms with Gasteiger partial charge in [0.2, 0.25) is 0 Å². The standard InChI is InChI=1S/C18H14Cl2F3N3/c19-13-5-6-14(15(20)7-13)17-16(8-24)26(10-25-17)9-11-1-3-12(4-2-11)18(21,22)23/h1-7,10H,8-9,24H2. The Labute approximate surface area is 158 Å². The van der Waals surface area contributed by atoms with Crippen LogP contribution in [0.2, 0.25) is 10.0 Å². The second kappa shape index (κ2) is 7.31. The Bertz CT molecular complexity index is 918. The monoisotopic (exact) mass is 399 g/mol. The molecule has 0 aliphatic heterocycles. The first-order valence-electron chi connectivity index (χ1n) is 7.65. The highest BCUT2D eigenvalue weighted by Gasteiger charge is 2.29. The topological polar surface area (TPSA) is 43.8 Å². The predicted molar refractivity (Wildman–Crippen MR) is 96.1 cm³/mol. The van der Waals surface area contributed by atoms with Gasteiger partial charge in [0, 0.05) is 23.7 Å². The molecule has 3 rings (SSSR count). The zero-order valence-electron chi connectivity index (χ0n) is 13.4. The van der Waals surface area contributed by atoms with Crippen LogP contribution in [0.3, 0.4) is 0 Å². The molecule has 3 aromatic rings. The van der Waals surface area contributed by atoms with Gasteiger partial charge in [-0.1, -0.05) is 35.3 Å². The van der Waals surface area contributed by atoms with Crippen molar-refractivity contribution in [2.45, 2.75) is 19.3 Å². The Hall–Kier alpha value is -2.02. The average molecular weight is 400 g/mol. The van der Waals surface area contributed by atoms with Crippen LogP contribution < -0.4 is 5.73 Å². The van der Waals surface area contributed by atoms with E-state index in [9.17, 15) is 13.2 Å². The minimum atomic E-state index is -4.35. The molecule has 8 heteroatoms. The van der Waals surface area contributed by atoms with Gasteiger partial charge >= 0.3 is 6.18 Å². The fourth-order valence-electron chi connectivity index (χ4n) is 2.66. The Kier molecular flexibility index (Phi) is 5.27. The summed E-state index contributed by atoms with van der Waals surface area (Å²) in [6.45, 7) is 0.553. The lowest BCUT2D eigenvalue weighted by atomic mass is 10.1. The molecule has 0 amide bonds. The highest BCUT2D eigenvalue weighted by Crippen LogP contribution is 2.32. The van der Waals surface area contributed by atoms with Crippen molar-refractivity contribution in [2.24, 2.45) is 5.73 Å². The normalized spacial score (nSPS) is 11.8. The molecule has 1 aromatic heterocycles. The average Bonchev–Trinajstić information content (AvgIpc) is 2.97. The fourth-order valence-corrected chi connectivity index (χ4v) is 3.16. The summed E-state index contributed by atoms with van der Waals surface area (Å²) in [7, 11) is 0. The molecule has 3 nitrogen and oxygen atoms in total. The first-order valence-corrected chi connectivity index (χ1v) is 8.41. The van der Waals surface area contributed by atoms with Gasteiger partial charge in [0.15, 0.2) is 0 Å². The number of aromatic nitrogens is 2. The van der Waals surface area contributed by atoms with E-state index < -0.39 is 11.7 Å². The van der Waals surface area contributed by atoms with Crippen LogP contribution in [0.4, 0.5) is 13.2 Å². The van der Waals surface area contributed by atoms with Gasteiger partial charge in [0.05, 0.1) is 28.3 Å². The van der Waals surface area contributed by atoms with Crippen LogP contribution in [0.5, 0.6) is 0 Å². The van der Waals surface area contributed by atoms with Gasteiger partial charge in [-0.15, -0.1) is 0 Å². The summed E-state index contributed by atoms with van der Waals surface area (Å²) in [6, 6.07) is 10.1. The highest BCUT2D eigenvalue weighted by atomic mass is 35.5. The van der Waals surface area contributed by atoms with Crippen molar-refractivity contribution in [3.8, 4) is 11.3 Å². The van der Waals surface area contributed by atoms with Crippen LogP contribution in [-0.4, -0.2) is 9.55 Å². The van der Waals surface area contributed by atoms with E-state index >= 15 is 0 Å². The third-order valence-corrected chi connectivity index (χ3v) is 4.51. The van der Waals surface area contributed by atoms with Crippen LogP contribution in [0.25, 0.3) is 11.3 Å². The van der Waals surface area contributed by atoms with E-state index in [0.717, 1.165) is 17.8 Å². The predicted octanol–water partition coefficient (Wildman–Crippen LogP) is 5.38. The van der Waals surface area contributed by atoms with Crippen molar-refractivity contribution in [1.29, 1.82) is 0 Å². The van der Waals surface area contributed by atoms with Crippen LogP contribution in [0, 0.1) is 0 Å². The minimum absolute atomic E-state index is 0.203. The number of alkyl halides is 3. The van der Waals surface area contributed by atoms with Gasteiger partial charge in [0.1, 0.15) is 0 Å². The summed E-state index contributed by atoms with van der Waals surface area (Å²) < 4.78 is 39.8. The first-order chi connectivity index (χ1) is 12.3. The maximum absolute atomic E-state index is 12.7. The van der Waals surface area contributed by atoms with Crippen LogP contribution in [-0.2, 0) is 19.3 Å². The number of nitrogens with zero attached hydrogens (tertiary/aromatic N) is 2. The molecule has 0 saturated carbocycles. The molecule has 0 aliphatic carbocycles. The molecule has 0 fully saturated rings. The molecule has 0 aliphatic rings. The molecule has 0 spiro atoms. The molecule has 26 heavy (non-hydrogen) atoms. The molecule has 2 aromatic carbocycles. The number of rotatable bonds is 4. The van der Waals surface area contributed by atoms with Gasteiger partial charge in [-0.3, -0.25) is 0 Å². The van der Waals surface area contributed by atoms with Crippen LogP contribution in [0.15, 0.2) is 48.8 Å². The van der Waals surface area contributed by atoms with Crippen molar-refractivity contribution >= 4 is 23.2 Å². The zero-order chi connectivity index (χ0) is 18.9. The van der Waals surface area contributed by atoms with Crippen molar-refractivity contribution in [1.82, 2.24) is 9.55 Å². The Morgan fingerprint density at radius 1 is 1.04 bits per heavy atom. The number of imidazole rings is 1. The van der Waals surface area contributed by atoms with E-state index in [1.54, 1.807) is 29.1 Å². The van der Waals surface area contributed by atoms with Crippen molar-refractivity contribution in [2.75, 3.05) is 0 Å². The maximum Gasteiger partial charge on any atom is 0.416 e. The molecule has 0 radical (unpaired) electrons. The number of nitrogens with two attached hydrogens (primary N) is 1. The van der Waals surface area contributed by atoms with Gasteiger partial charge in [-0.2, -0.15) is 13.2 Å². The second-order valence-corrected chi connectivity index (χ2v) is 6.53. The smallest absolute Gasteiger partial charge is 0.328 e. The number of halogens is 5. The zero-order valence-corrected chi connectivity index (χ0v) is 14.9. The van der Waals surface area contributed by atoms with Gasteiger partial charge < -0.3 is 10.3 Å². The molecular formula is C18H14Cl2F3N3. The molecule has 0 bridgehead atoms. The van der Waals surface area contributed by atoms with E-state index in [-0.39, 0.29) is 6.54 Å². The summed E-state index contributed by atoms with van der Waals surface area (Å²) >= 11 is 12.2. The minimum Gasteiger partial charge on any atom is -0.328 e. The Morgan fingerprint density at radius 3 is 2.31 bits per heavy atom. The lowest BCUT2D eigenvalue weighted by Crippen LogP contribution is -2.09. The van der Waals surface area contributed by atoms with E-state index in [4.69, 9.17) is 28.9 Å². The molecule has 2 N–H and O–H groups in total. The van der Waals surface area contributed by atoms with Crippen LogP contribution >= 0.6 is 23.2 Å². The van der Waals surface area contributed by atoms with Crippen molar-refractivity contribution < 1.29 is 13.2 Å². The molecule has 136 valence electrons. The summed E-state index contributed by atoms with van der Waals surface area (Å²) in [5.41, 5.74) is 7.95. The molecule has 0 saturated heterocycles. The van der Waals surface area contributed by atoms with Crippen molar-refractivity contribution in [3.05, 3.63) is 75.7 Å². The quantitative estimate of drug-likeness (QED) is 0.639. The van der Waals surface area contributed by atoms with E-state index in [2.05, 4.69) is 4.98 Å². The van der Waals surface area contributed by atoms with Gasteiger partial charge in [-0.05, 0) is 35.9 Å². The molecular weight excluding hydrogens is 386 g/mol. The number of hydrogen-bond donors (Lipinski definition) is 1. The lowest BCUT2D eigenvalue weighted by molar-refractivity contribution is -0.137. The molecule has 0 atom stereocenters. The highest BCUT2D eigenvalue weighted by molar-refractivity contribution is 6.36. The van der Waals surface area contributed by atoms with Gasteiger partial charge in [0.25, 0.3) is 0 Å². The SMILES string of the molecule is NCc1c(-c2ccc(Cl)cc2Cl)ncn1Cc1ccc(C(F)(F)F)cc1. The summed E-state index contributed by atoms with van der Waals surface area (Å²) in [4.78, 5) is 4.38. The summed E-state index contributed by atoms with van der Waals surface area (Å²) in [5, 5.41) is 0.962. The largest absolute Gasteiger partial charge is 0.416 e. The lowest BCUT2D eigenvalue weighted by Gasteiger charge is -2.11. The summed E-state index contributed by atoms with van der Waals surface area (Å²) in [6.07, 6.45) is -2.76. The third kappa shape index (κ3) is 3.87. The van der Waals surface area contributed by atoms with E-state index in [1.807, 2.05) is 0 Å². The van der Waals surface area contributed by atoms with E-state index in [1.165, 1.54) is 12.1 Å². The Balaban J connectivity index is 1.91. The van der Waals surface area contributed by atoms with Gasteiger partial charge in [-0.25, -0.2) is 4.98 Å². The first kappa shape index (κ1) is 18.8. The number of benzene rings is 2. The van der Waals surface area contributed by atoms with E-state index in [0.29, 0.717) is 33.4 Å². The molecule has 0 unspecified atom stereocenters.